The zero-order chi connectivity index (χ0) is 19.8. The third-order valence-corrected chi connectivity index (χ3v) is 4.66. The maximum atomic E-state index is 13.0. The van der Waals surface area contributed by atoms with Crippen LogP contribution in [0.15, 0.2) is 59.5 Å². The lowest BCUT2D eigenvalue weighted by Gasteiger charge is -2.17. The number of ether oxygens (including phenoxy) is 1. The molecule has 0 radical (unpaired) electrons. The number of esters is 1. The fraction of sp³-hybridized carbons (Fsp3) is 0.238. The number of rotatable bonds is 7. The van der Waals surface area contributed by atoms with Gasteiger partial charge in [-0.15, -0.1) is 11.8 Å². The predicted octanol–water partition coefficient (Wildman–Crippen LogP) is 4.37. The molecule has 0 aliphatic rings. The minimum Gasteiger partial charge on any atom is -0.449 e. The van der Waals surface area contributed by atoms with Gasteiger partial charge in [0.15, 0.2) is 6.10 Å². The number of thioether (sulfide) groups is 1. The molecule has 4 nitrogen and oxygen atoms in total. The van der Waals surface area contributed by atoms with Crippen molar-refractivity contribution in [1.82, 2.24) is 5.32 Å². The summed E-state index contributed by atoms with van der Waals surface area (Å²) in [6, 6.07) is 13.3. The Bertz CT molecular complexity index is 803. The molecule has 0 aliphatic carbocycles. The van der Waals surface area contributed by atoms with Crippen molar-refractivity contribution in [2.75, 3.05) is 6.26 Å². The number of hydrogen-bond donors (Lipinski definition) is 1. The van der Waals surface area contributed by atoms with Crippen molar-refractivity contribution in [3.63, 3.8) is 0 Å². The van der Waals surface area contributed by atoms with E-state index in [0.717, 1.165) is 16.0 Å². The molecule has 0 spiro atoms. The van der Waals surface area contributed by atoms with Crippen molar-refractivity contribution in [1.29, 1.82) is 0 Å². The van der Waals surface area contributed by atoms with Gasteiger partial charge in [0.05, 0.1) is 6.04 Å². The second kappa shape index (κ2) is 9.92. The fourth-order valence-corrected chi connectivity index (χ4v) is 2.72. The van der Waals surface area contributed by atoms with Crippen molar-refractivity contribution in [3.8, 4) is 0 Å². The first kappa shape index (κ1) is 20.7. The zero-order valence-corrected chi connectivity index (χ0v) is 16.3. The molecule has 2 rings (SSSR count). The fourth-order valence-electron chi connectivity index (χ4n) is 2.31. The van der Waals surface area contributed by atoms with Gasteiger partial charge in [-0.1, -0.05) is 24.3 Å². The van der Waals surface area contributed by atoms with Crippen molar-refractivity contribution >= 4 is 29.7 Å². The van der Waals surface area contributed by atoms with Crippen LogP contribution in [0.4, 0.5) is 4.39 Å². The third kappa shape index (κ3) is 6.57. The Labute approximate surface area is 162 Å². The van der Waals surface area contributed by atoms with Crippen LogP contribution < -0.4 is 5.32 Å². The highest BCUT2D eigenvalue weighted by molar-refractivity contribution is 7.98. The van der Waals surface area contributed by atoms with Gasteiger partial charge in [0.2, 0.25) is 0 Å². The summed E-state index contributed by atoms with van der Waals surface area (Å²) in [4.78, 5) is 25.2. The molecule has 2 aromatic rings. The molecule has 0 aromatic heterocycles. The molecule has 0 aliphatic heterocycles. The van der Waals surface area contributed by atoms with Crippen LogP contribution in [0.5, 0.6) is 0 Å². The van der Waals surface area contributed by atoms with E-state index in [9.17, 15) is 14.0 Å². The van der Waals surface area contributed by atoms with E-state index in [-0.39, 0.29) is 11.9 Å². The minimum atomic E-state index is -0.941. The first-order chi connectivity index (χ1) is 12.9. The largest absolute Gasteiger partial charge is 0.449 e. The zero-order valence-electron chi connectivity index (χ0n) is 15.4. The monoisotopic (exact) mass is 387 g/mol. The Hall–Kier alpha value is -2.60. The average molecular weight is 387 g/mol. The van der Waals surface area contributed by atoms with Gasteiger partial charge in [-0.25, -0.2) is 9.18 Å². The lowest BCUT2D eigenvalue weighted by molar-refractivity contribution is -0.150. The molecule has 0 fully saturated rings. The third-order valence-electron chi connectivity index (χ3n) is 3.92. The SMILES string of the molecule is CSc1ccc(/C=C/C(=O)O[C@H](C)C(=O)N[C@H](C)c2ccc(F)cc2)cc1. The molecular formula is C21H22FNO3S. The van der Waals surface area contributed by atoms with Gasteiger partial charge in [-0.2, -0.15) is 0 Å². The molecule has 0 bridgehead atoms. The van der Waals surface area contributed by atoms with E-state index in [1.807, 2.05) is 30.5 Å². The number of carbonyl (C=O) groups excluding carboxylic acids is 2. The summed E-state index contributed by atoms with van der Waals surface area (Å²) < 4.78 is 18.1. The Balaban J connectivity index is 1.86. The molecule has 2 atom stereocenters. The summed E-state index contributed by atoms with van der Waals surface area (Å²) in [5.41, 5.74) is 1.63. The number of nitrogens with one attached hydrogen (secondary N) is 1. The Morgan fingerprint density at radius 3 is 2.30 bits per heavy atom. The maximum absolute atomic E-state index is 13.0. The van der Waals surface area contributed by atoms with Gasteiger partial charge in [-0.05, 0) is 61.6 Å². The molecular weight excluding hydrogens is 365 g/mol. The lowest BCUT2D eigenvalue weighted by atomic mass is 10.1. The molecule has 0 unspecified atom stereocenters. The predicted molar refractivity (Wildman–Crippen MR) is 106 cm³/mol. The van der Waals surface area contributed by atoms with E-state index < -0.39 is 18.0 Å². The number of amides is 1. The molecule has 1 N–H and O–H groups in total. The second-order valence-corrected chi connectivity index (χ2v) is 6.85. The van der Waals surface area contributed by atoms with Crippen LogP contribution in [0.3, 0.4) is 0 Å². The van der Waals surface area contributed by atoms with Crippen molar-refractivity contribution in [2.45, 2.75) is 30.9 Å². The minimum absolute atomic E-state index is 0.329. The highest BCUT2D eigenvalue weighted by Gasteiger charge is 2.19. The molecule has 2 aromatic carbocycles. The van der Waals surface area contributed by atoms with Crippen LogP contribution >= 0.6 is 11.8 Å². The topological polar surface area (TPSA) is 55.4 Å². The van der Waals surface area contributed by atoms with Crippen LogP contribution in [0, 0.1) is 5.82 Å². The quantitative estimate of drug-likeness (QED) is 0.435. The van der Waals surface area contributed by atoms with Gasteiger partial charge in [0.25, 0.3) is 5.91 Å². The first-order valence-corrected chi connectivity index (χ1v) is 9.70. The Kier molecular flexibility index (Phi) is 7.61. The van der Waals surface area contributed by atoms with Gasteiger partial charge < -0.3 is 10.1 Å². The van der Waals surface area contributed by atoms with E-state index in [2.05, 4.69) is 5.32 Å². The Morgan fingerprint density at radius 1 is 1.07 bits per heavy atom. The molecule has 1 amide bonds. The summed E-state index contributed by atoms with van der Waals surface area (Å²) in [6.07, 6.45) is 3.98. The van der Waals surface area contributed by atoms with E-state index >= 15 is 0 Å². The van der Waals surface area contributed by atoms with E-state index in [4.69, 9.17) is 4.74 Å². The van der Waals surface area contributed by atoms with Gasteiger partial charge in [-0.3, -0.25) is 4.79 Å². The smallest absolute Gasteiger partial charge is 0.331 e. The summed E-state index contributed by atoms with van der Waals surface area (Å²) in [7, 11) is 0. The van der Waals surface area contributed by atoms with Crippen molar-refractivity contribution in [2.24, 2.45) is 0 Å². The van der Waals surface area contributed by atoms with Crippen LogP contribution in [0.2, 0.25) is 0 Å². The van der Waals surface area contributed by atoms with Crippen molar-refractivity contribution in [3.05, 3.63) is 71.6 Å². The highest BCUT2D eigenvalue weighted by Crippen LogP contribution is 2.16. The van der Waals surface area contributed by atoms with E-state index in [1.165, 1.54) is 25.1 Å². The first-order valence-electron chi connectivity index (χ1n) is 8.47. The number of benzene rings is 2. The van der Waals surface area contributed by atoms with Crippen LogP contribution in [-0.2, 0) is 14.3 Å². The Morgan fingerprint density at radius 2 is 1.70 bits per heavy atom. The second-order valence-electron chi connectivity index (χ2n) is 5.97. The molecule has 27 heavy (non-hydrogen) atoms. The van der Waals surface area contributed by atoms with Gasteiger partial charge in [0.1, 0.15) is 5.82 Å². The number of halogens is 1. The van der Waals surface area contributed by atoms with E-state index in [0.29, 0.717) is 0 Å². The molecule has 6 heteroatoms. The summed E-state index contributed by atoms with van der Waals surface area (Å²) in [6.45, 7) is 3.28. The summed E-state index contributed by atoms with van der Waals surface area (Å²) in [5, 5.41) is 2.74. The molecule has 0 heterocycles. The summed E-state index contributed by atoms with van der Waals surface area (Å²) in [5.74, 6) is -1.35. The molecule has 0 saturated heterocycles. The van der Waals surface area contributed by atoms with Crippen molar-refractivity contribution < 1.29 is 18.7 Å². The van der Waals surface area contributed by atoms with Crippen LogP contribution in [0.1, 0.15) is 31.0 Å². The molecule has 142 valence electrons. The maximum Gasteiger partial charge on any atom is 0.331 e. The number of carbonyl (C=O) groups is 2. The lowest BCUT2D eigenvalue weighted by Crippen LogP contribution is -2.37. The summed E-state index contributed by atoms with van der Waals surface area (Å²) >= 11 is 1.64. The normalized spacial score (nSPS) is 13.2. The average Bonchev–Trinajstić information content (AvgIpc) is 2.67. The number of hydrogen-bond acceptors (Lipinski definition) is 4. The van der Waals surface area contributed by atoms with Crippen LogP contribution in [-0.4, -0.2) is 24.2 Å². The van der Waals surface area contributed by atoms with Gasteiger partial charge >= 0.3 is 5.97 Å². The van der Waals surface area contributed by atoms with E-state index in [1.54, 1.807) is 36.9 Å². The van der Waals surface area contributed by atoms with Crippen LogP contribution in [0.25, 0.3) is 6.08 Å². The molecule has 0 saturated carbocycles. The van der Waals surface area contributed by atoms with Gasteiger partial charge in [0, 0.05) is 11.0 Å². The standard InChI is InChI=1S/C21H22FNO3S/c1-14(17-7-9-18(22)10-8-17)23-21(25)15(2)26-20(24)13-6-16-4-11-19(27-3)12-5-16/h4-15H,1-3H3,(H,23,25)/b13-6+/t14-,15-/m1/s1. The highest BCUT2D eigenvalue weighted by atomic mass is 32.2.